The van der Waals surface area contributed by atoms with Crippen LogP contribution >= 0.6 is 0 Å². The maximum atomic E-state index is 4.73. The molecule has 37 heavy (non-hydrogen) atoms. The number of anilines is 2. The fourth-order valence-corrected chi connectivity index (χ4v) is 3.85. The van der Waals surface area contributed by atoms with Crippen molar-refractivity contribution in [2.45, 2.75) is 0 Å². The van der Waals surface area contributed by atoms with Crippen molar-refractivity contribution >= 4 is 29.9 Å². The van der Waals surface area contributed by atoms with E-state index in [9.17, 15) is 0 Å². The van der Waals surface area contributed by atoms with Gasteiger partial charge in [-0.1, -0.05) is 43.8 Å². The number of likely N-dealkylation sites (N-methyl/N-ethyl adjacent to an activating group) is 1. The quantitative estimate of drug-likeness (QED) is 0.307. The van der Waals surface area contributed by atoms with Crippen LogP contribution in [0.25, 0.3) is 6.08 Å². The molecule has 0 N–H and O–H groups in total. The fraction of sp³-hybridized carbons (Fsp3) is 0.321. The average molecular weight is 521 g/mol. The van der Waals surface area contributed by atoms with Gasteiger partial charge in [-0.2, -0.15) is 0 Å². The van der Waals surface area contributed by atoms with E-state index in [2.05, 4.69) is 87.5 Å². The zero-order chi connectivity index (χ0) is 25.5. The van der Waals surface area contributed by atoms with E-state index in [1.54, 1.807) is 0 Å². The Morgan fingerprint density at radius 3 is 1.86 bits per heavy atom. The van der Waals surface area contributed by atoms with Gasteiger partial charge in [0.2, 0.25) is 0 Å². The largest absolute Gasteiger partial charge is 1.00 e. The van der Waals surface area contributed by atoms with Crippen LogP contribution in [0, 0.1) is 0 Å². The Labute approximate surface area is 226 Å². The highest BCUT2D eigenvalue weighted by Gasteiger charge is 2.16. The molecular formula is C28H37ClN8. The predicted octanol–water partition coefficient (Wildman–Crippen LogP) is -0.106. The normalized spacial score (nSPS) is 14.6. The van der Waals surface area contributed by atoms with E-state index in [0.29, 0.717) is 0 Å². The fourth-order valence-electron chi connectivity index (χ4n) is 3.85. The first-order valence-corrected chi connectivity index (χ1v) is 12.3. The van der Waals surface area contributed by atoms with E-state index < -0.39 is 0 Å². The van der Waals surface area contributed by atoms with Crippen molar-refractivity contribution in [3.8, 4) is 0 Å². The molecule has 0 bridgehead atoms. The topological polar surface area (TPSA) is 46.5 Å². The lowest BCUT2D eigenvalue weighted by Gasteiger charge is -2.31. The first-order chi connectivity index (χ1) is 17.4. The number of rotatable bonds is 8. The Morgan fingerprint density at radius 2 is 1.32 bits per heavy atom. The van der Waals surface area contributed by atoms with Gasteiger partial charge in [0.05, 0.1) is 12.4 Å². The van der Waals surface area contributed by atoms with Crippen molar-refractivity contribution in [1.82, 2.24) is 14.5 Å². The van der Waals surface area contributed by atoms with Gasteiger partial charge in [0.15, 0.2) is 12.4 Å². The standard InChI is InChI=1S/C28H37N8.ClH/c1-31(2)26-10-6-24(7-11-26)22-29-35-20-21-36(28(35)14-15-34-18-16-33(5)17-19-34)30-23-25-8-12-27(13-9-25)32(3)4;/h6-15,20-23H,16-19H2,1-5H3;1H/q+1;/p-1/b29-22+,30-23+;. The third kappa shape index (κ3) is 7.68. The summed E-state index contributed by atoms with van der Waals surface area (Å²) >= 11 is 0. The smallest absolute Gasteiger partial charge is 0.334 e. The van der Waals surface area contributed by atoms with Crippen LogP contribution in [0.2, 0.25) is 0 Å². The van der Waals surface area contributed by atoms with Gasteiger partial charge in [0.25, 0.3) is 0 Å². The van der Waals surface area contributed by atoms with Gasteiger partial charge in [0.1, 0.15) is 0 Å². The Morgan fingerprint density at radius 1 is 0.784 bits per heavy atom. The van der Waals surface area contributed by atoms with Crippen LogP contribution in [-0.4, -0.2) is 88.3 Å². The van der Waals surface area contributed by atoms with Gasteiger partial charge >= 0.3 is 5.82 Å². The van der Waals surface area contributed by atoms with Gasteiger partial charge in [-0.3, -0.25) is 0 Å². The molecule has 9 heteroatoms. The Bertz CT molecular complexity index is 1120. The van der Waals surface area contributed by atoms with Crippen molar-refractivity contribution in [3.63, 3.8) is 0 Å². The van der Waals surface area contributed by atoms with Gasteiger partial charge in [-0.15, -0.1) is 0 Å². The van der Waals surface area contributed by atoms with Gasteiger partial charge in [-0.05, 0) is 42.4 Å². The lowest BCUT2D eigenvalue weighted by molar-refractivity contribution is -0.679. The molecule has 1 fully saturated rings. The van der Waals surface area contributed by atoms with Crippen molar-refractivity contribution < 1.29 is 17.1 Å². The molecule has 8 nitrogen and oxygen atoms in total. The zero-order valence-corrected chi connectivity index (χ0v) is 23.1. The van der Waals surface area contributed by atoms with E-state index in [0.717, 1.165) is 54.5 Å². The van der Waals surface area contributed by atoms with Crippen molar-refractivity contribution in [1.29, 1.82) is 0 Å². The number of aromatic nitrogens is 2. The van der Waals surface area contributed by atoms with Crippen molar-refractivity contribution in [2.24, 2.45) is 10.2 Å². The summed E-state index contributed by atoms with van der Waals surface area (Å²) < 4.78 is 3.72. The van der Waals surface area contributed by atoms with Crippen LogP contribution in [-0.2, 0) is 0 Å². The zero-order valence-electron chi connectivity index (χ0n) is 22.4. The number of benzene rings is 2. The Hall–Kier alpha value is -3.62. The summed E-state index contributed by atoms with van der Waals surface area (Å²) in [5.74, 6) is 0.872. The summed E-state index contributed by atoms with van der Waals surface area (Å²) in [6, 6.07) is 16.7. The van der Waals surface area contributed by atoms with E-state index in [-0.39, 0.29) is 12.4 Å². The molecule has 0 saturated carbocycles. The van der Waals surface area contributed by atoms with E-state index in [1.165, 1.54) is 0 Å². The summed E-state index contributed by atoms with van der Waals surface area (Å²) in [6.45, 7) is 4.15. The van der Waals surface area contributed by atoms with Crippen LogP contribution in [0.15, 0.2) is 77.3 Å². The summed E-state index contributed by atoms with van der Waals surface area (Å²) in [5, 5.41) is 9.47. The lowest BCUT2D eigenvalue weighted by atomic mass is 10.2. The molecule has 0 radical (unpaired) electrons. The monoisotopic (exact) mass is 520 g/mol. The second kappa shape index (κ2) is 13.1. The summed E-state index contributed by atoms with van der Waals surface area (Å²) in [6.07, 6.45) is 11.9. The molecule has 0 atom stereocenters. The van der Waals surface area contributed by atoms with Crippen LogP contribution in [0.4, 0.5) is 11.4 Å². The van der Waals surface area contributed by atoms with Gasteiger partial charge in [-0.25, -0.2) is 0 Å². The molecule has 0 spiro atoms. The Balaban J connectivity index is 0.00000380. The SMILES string of the molecule is CN1CCN(/C=C/c2n(/N=C/c3ccc(N(C)C)cc3)cc[n+]2/N=C/c2ccc(N(C)C)cc2)CC1.[Cl-]. The number of hydrogen-bond donors (Lipinski definition) is 0. The van der Waals surface area contributed by atoms with Crippen LogP contribution in [0.5, 0.6) is 0 Å². The molecule has 0 amide bonds. The number of halogens is 1. The molecule has 0 unspecified atom stereocenters. The van der Waals surface area contributed by atoms with Crippen LogP contribution in [0.1, 0.15) is 17.0 Å². The molecule has 2 aromatic carbocycles. The highest BCUT2D eigenvalue weighted by molar-refractivity contribution is 5.80. The molecule has 1 aliphatic rings. The van der Waals surface area contributed by atoms with Gasteiger partial charge < -0.3 is 32.0 Å². The highest BCUT2D eigenvalue weighted by Crippen LogP contribution is 2.12. The van der Waals surface area contributed by atoms with Crippen molar-refractivity contribution in [3.05, 3.63) is 84.1 Å². The molecule has 2 heterocycles. The predicted molar refractivity (Wildman–Crippen MR) is 150 cm³/mol. The number of nitrogens with zero attached hydrogens (tertiary/aromatic N) is 8. The summed E-state index contributed by atoms with van der Waals surface area (Å²) in [4.78, 5) is 8.87. The second-order valence-electron chi connectivity index (χ2n) is 9.46. The minimum atomic E-state index is 0. The minimum absolute atomic E-state index is 0. The lowest BCUT2D eigenvalue weighted by Crippen LogP contribution is -3.00. The van der Waals surface area contributed by atoms with E-state index in [1.807, 2.05) is 62.4 Å². The molecule has 1 saturated heterocycles. The third-order valence-electron chi connectivity index (χ3n) is 6.27. The Kier molecular flexibility index (Phi) is 9.88. The first-order valence-electron chi connectivity index (χ1n) is 12.3. The van der Waals surface area contributed by atoms with Crippen molar-refractivity contribution in [2.75, 3.05) is 71.2 Å². The molecule has 1 aliphatic heterocycles. The van der Waals surface area contributed by atoms with E-state index in [4.69, 9.17) is 10.2 Å². The number of hydrogen-bond acceptors (Lipinski definition) is 6. The number of imidazole rings is 1. The molecule has 4 rings (SSSR count). The van der Waals surface area contributed by atoms with Gasteiger partial charge in [0, 0.05) is 78.0 Å². The number of piperazine rings is 1. The molecule has 0 aliphatic carbocycles. The molecule has 3 aromatic rings. The molecule has 1 aromatic heterocycles. The van der Waals surface area contributed by atoms with Crippen LogP contribution in [0.3, 0.4) is 0 Å². The highest BCUT2D eigenvalue weighted by atomic mass is 35.5. The average Bonchev–Trinajstić information content (AvgIpc) is 3.27. The second-order valence-corrected chi connectivity index (χ2v) is 9.46. The van der Waals surface area contributed by atoms with Crippen LogP contribution < -0.4 is 26.9 Å². The first kappa shape index (κ1) is 28.0. The maximum absolute atomic E-state index is 4.73. The molecule has 196 valence electrons. The summed E-state index contributed by atoms with van der Waals surface area (Å²) in [5.41, 5.74) is 4.41. The maximum Gasteiger partial charge on any atom is 0.334 e. The molecular weight excluding hydrogens is 484 g/mol. The van der Waals surface area contributed by atoms with E-state index >= 15 is 0 Å². The third-order valence-corrected chi connectivity index (χ3v) is 6.27. The summed E-state index contributed by atoms with van der Waals surface area (Å²) in [7, 11) is 10.3. The minimum Gasteiger partial charge on any atom is -1.00 e.